The van der Waals surface area contributed by atoms with Gasteiger partial charge in [-0.15, -0.1) is 11.3 Å². The summed E-state index contributed by atoms with van der Waals surface area (Å²) in [4.78, 5) is 5.24. The summed E-state index contributed by atoms with van der Waals surface area (Å²) in [5, 5.41) is 12.8. The number of thiazole rings is 1. The maximum Gasteiger partial charge on any atom is 0.127 e. The summed E-state index contributed by atoms with van der Waals surface area (Å²) in [5.41, 5.74) is 2.93. The highest BCUT2D eigenvalue weighted by Gasteiger charge is 2.23. The fraction of sp³-hybridized carbons (Fsp3) is 0.250. The SMILES string of the molecule is Oc1ccc2c(c1)OCC2NCc1cncs1. The molecule has 1 aliphatic heterocycles. The van der Waals surface area contributed by atoms with E-state index in [1.807, 2.05) is 17.8 Å². The lowest BCUT2D eigenvalue weighted by Crippen LogP contribution is -2.21. The van der Waals surface area contributed by atoms with Gasteiger partial charge >= 0.3 is 0 Å². The number of phenolic OH excluding ortho intramolecular Hbond substituents is 1. The molecule has 0 fully saturated rings. The number of nitrogens with one attached hydrogen (secondary N) is 1. The van der Waals surface area contributed by atoms with Crippen LogP contribution in [0.5, 0.6) is 11.5 Å². The number of nitrogens with zero attached hydrogens (tertiary/aromatic N) is 1. The molecule has 0 bridgehead atoms. The monoisotopic (exact) mass is 248 g/mol. The molecule has 1 atom stereocenters. The van der Waals surface area contributed by atoms with Gasteiger partial charge in [-0.2, -0.15) is 0 Å². The maximum atomic E-state index is 9.36. The first-order valence-corrected chi connectivity index (χ1v) is 6.27. The zero-order chi connectivity index (χ0) is 11.7. The smallest absolute Gasteiger partial charge is 0.127 e. The van der Waals surface area contributed by atoms with Crippen molar-refractivity contribution < 1.29 is 9.84 Å². The van der Waals surface area contributed by atoms with Crippen LogP contribution in [0.3, 0.4) is 0 Å². The fourth-order valence-electron chi connectivity index (χ4n) is 1.92. The Balaban J connectivity index is 1.71. The van der Waals surface area contributed by atoms with E-state index in [-0.39, 0.29) is 11.8 Å². The van der Waals surface area contributed by atoms with Gasteiger partial charge in [-0.1, -0.05) is 0 Å². The molecule has 2 aromatic rings. The van der Waals surface area contributed by atoms with Crippen LogP contribution >= 0.6 is 11.3 Å². The largest absolute Gasteiger partial charge is 0.508 e. The highest BCUT2D eigenvalue weighted by atomic mass is 32.1. The van der Waals surface area contributed by atoms with Crippen molar-refractivity contribution >= 4 is 11.3 Å². The number of benzene rings is 1. The average molecular weight is 248 g/mol. The lowest BCUT2D eigenvalue weighted by Gasteiger charge is -2.10. The third-order valence-electron chi connectivity index (χ3n) is 2.78. The summed E-state index contributed by atoms with van der Waals surface area (Å²) in [7, 11) is 0. The van der Waals surface area contributed by atoms with Crippen LogP contribution in [-0.2, 0) is 6.54 Å². The number of aromatic nitrogens is 1. The van der Waals surface area contributed by atoms with Crippen LogP contribution in [0.4, 0.5) is 0 Å². The van der Waals surface area contributed by atoms with Gasteiger partial charge in [0.15, 0.2) is 0 Å². The third kappa shape index (κ3) is 2.11. The van der Waals surface area contributed by atoms with E-state index in [9.17, 15) is 5.11 Å². The number of hydrogen-bond acceptors (Lipinski definition) is 5. The minimum absolute atomic E-state index is 0.188. The molecule has 0 aliphatic carbocycles. The van der Waals surface area contributed by atoms with Gasteiger partial charge in [0.05, 0.1) is 11.6 Å². The summed E-state index contributed by atoms with van der Waals surface area (Å²) in [6.45, 7) is 1.40. The second-order valence-corrected chi connectivity index (χ2v) is 4.91. The van der Waals surface area contributed by atoms with Gasteiger partial charge in [-0.05, 0) is 12.1 Å². The van der Waals surface area contributed by atoms with E-state index in [0.717, 1.165) is 17.9 Å². The molecular formula is C12H12N2O2S. The second kappa shape index (κ2) is 4.35. The molecule has 0 amide bonds. The Bertz CT molecular complexity index is 513. The zero-order valence-corrected chi connectivity index (χ0v) is 9.91. The molecule has 17 heavy (non-hydrogen) atoms. The van der Waals surface area contributed by atoms with Gasteiger partial charge in [0, 0.05) is 29.2 Å². The Labute approximate surface area is 103 Å². The Kier molecular flexibility index (Phi) is 2.70. The Hall–Kier alpha value is -1.59. The predicted molar refractivity (Wildman–Crippen MR) is 65.3 cm³/mol. The molecule has 1 unspecified atom stereocenters. The topological polar surface area (TPSA) is 54.4 Å². The van der Waals surface area contributed by atoms with Crippen molar-refractivity contribution in [2.24, 2.45) is 0 Å². The van der Waals surface area contributed by atoms with E-state index in [4.69, 9.17) is 4.74 Å². The van der Waals surface area contributed by atoms with Crippen LogP contribution < -0.4 is 10.1 Å². The first kappa shape index (κ1) is 10.6. The number of hydrogen-bond donors (Lipinski definition) is 2. The maximum absolute atomic E-state index is 9.36. The van der Waals surface area contributed by atoms with Gasteiger partial charge in [0.1, 0.15) is 18.1 Å². The number of ether oxygens (including phenoxy) is 1. The molecule has 0 spiro atoms. The molecule has 1 aromatic carbocycles. The Morgan fingerprint density at radius 3 is 3.29 bits per heavy atom. The number of rotatable bonds is 3. The molecular weight excluding hydrogens is 236 g/mol. The van der Waals surface area contributed by atoms with Crippen LogP contribution in [0, 0.1) is 0 Å². The minimum atomic E-state index is 0.188. The van der Waals surface area contributed by atoms with Gasteiger partial charge in [-0.25, -0.2) is 0 Å². The van der Waals surface area contributed by atoms with Crippen molar-refractivity contribution in [1.29, 1.82) is 0 Å². The summed E-state index contributed by atoms with van der Waals surface area (Å²) >= 11 is 1.64. The fourth-order valence-corrected chi connectivity index (χ4v) is 2.47. The van der Waals surface area contributed by atoms with Crippen molar-refractivity contribution in [1.82, 2.24) is 10.3 Å². The highest BCUT2D eigenvalue weighted by Crippen LogP contribution is 2.34. The molecule has 4 nitrogen and oxygen atoms in total. The molecule has 1 aromatic heterocycles. The van der Waals surface area contributed by atoms with Crippen LogP contribution in [0.2, 0.25) is 0 Å². The quantitative estimate of drug-likeness (QED) is 0.873. The average Bonchev–Trinajstić information content (AvgIpc) is 2.94. The van der Waals surface area contributed by atoms with Crippen LogP contribution in [0.15, 0.2) is 29.9 Å². The van der Waals surface area contributed by atoms with Gasteiger partial charge in [0.25, 0.3) is 0 Å². The standard InChI is InChI=1S/C12H12N2O2S/c15-8-1-2-10-11(6-16-12(10)3-8)14-5-9-4-13-7-17-9/h1-4,7,11,14-15H,5-6H2. The van der Waals surface area contributed by atoms with Crippen molar-refractivity contribution in [2.75, 3.05) is 6.61 Å². The van der Waals surface area contributed by atoms with Crippen LogP contribution in [0.1, 0.15) is 16.5 Å². The first-order valence-electron chi connectivity index (χ1n) is 5.39. The predicted octanol–water partition coefficient (Wildman–Crippen LogP) is 2.07. The van der Waals surface area contributed by atoms with Gasteiger partial charge in [-0.3, -0.25) is 4.98 Å². The van der Waals surface area contributed by atoms with Gasteiger partial charge < -0.3 is 15.2 Å². The molecule has 5 heteroatoms. The molecule has 1 aliphatic rings. The van der Waals surface area contributed by atoms with E-state index >= 15 is 0 Å². The minimum Gasteiger partial charge on any atom is -0.508 e. The molecule has 2 heterocycles. The van der Waals surface area contributed by atoms with Crippen LogP contribution in [-0.4, -0.2) is 16.7 Å². The van der Waals surface area contributed by atoms with Crippen LogP contribution in [0.25, 0.3) is 0 Å². The number of aromatic hydroxyl groups is 1. The summed E-state index contributed by atoms with van der Waals surface area (Å²) in [5.74, 6) is 1.01. The summed E-state index contributed by atoms with van der Waals surface area (Å²) in [6, 6.07) is 5.44. The summed E-state index contributed by atoms with van der Waals surface area (Å²) in [6.07, 6.45) is 1.87. The first-order chi connectivity index (χ1) is 8.33. The van der Waals surface area contributed by atoms with Crippen molar-refractivity contribution in [3.05, 3.63) is 40.3 Å². The molecule has 88 valence electrons. The van der Waals surface area contributed by atoms with Crippen molar-refractivity contribution in [3.63, 3.8) is 0 Å². The summed E-state index contributed by atoms with van der Waals surface area (Å²) < 4.78 is 5.53. The molecule has 2 N–H and O–H groups in total. The van der Waals surface area contributed by atoms with E-state index in [1.165, 1.54) is 4.88 Å². The molecule has 0 saturated carbocycles. The Morgan fingerprint density at radius 2 is 2.47 bits per heavy atom. The van der Waals surface area contributed by atoms with Crippen molar-refractivity contribution in [3.8, 4) is 11.5 Å². The molecule has 0 radical (unpaired) electrons. The number of fused-ring (bicyclic) bond motifs is 1. The van der Waals surface area contributed by atoms with E-state index < -0.39 is 0 Å². The van der Waals surface area contributed by atoms with E-state index in [2.05, 4.69) is 10.3 Å². The number of phenols is 1. The lowest BCUT2D eigenvalue weighted by atomic mass is 10.1. The second-order valence-electron chi connectivity index (χ2n) is 3.93. The van der Waals surface area contributed by atoms with E-state index in [0.29, 0.717) is 6.61 Å². The van der Waals surface area contributed by atoms with E-state index in [1.54, 1.807) is 23.5 Å². The molecule has 3 rings (SSSR count). The lowest BCUT2D eigenvalue weighted by molar-refractivity contribution is 0.310. The highest BCUT2D eigenvalue weighted by molar-refractivity contribution is 7.09. The van der Waals surface area contributed by atoms with Crippen molar-refractivity contribution in [2.45, 2.75) is 12.6 Å². The normalized spacial score (nSPS) is 17.8. The zero-order valence-electron chi connectivity index (χ0n) is 9.09. The Morgan fingerprint density at radius 1 is 1.53 bits per heavy atom. The molecule has 0 saturated heterocycles. The van der Waals surface area contributed by atoms with Gasteiger partial charge in [0.2, 0.25) is 0 Å². The third-order valence-corrected chi connectivity index (χ3v) is 3.56.